The minimum absolute atomic E-state index is 0.0183. The zero-order valence-electron chi connectivity index (χ0n) is 10.2. The van der Waals surface area contributed by atoms with Gasteiger partial charge in [-0.15, -0.1) is 0 Å². The van der Waals surface area contributed by atoms with E-state index in [0.29, 0.717) is 25.2 Å². The number of halogens is 1. The molecule has 0 amide bonds. The number of nitro benzene ring substituents is 1. The molecule has 6 heteroatoms. The third-order valence-electron chi connectivity index (χ3n) is 2.21. The molecule has 0 radical (unpaired) electrons. The van der Waals surface area contributed by atoms with E-state index < -0.39 is 4.92 Å². The fourth-order valence-corrected chi connectivity index (χ4v) is 1.71. The Morgan fingerprint density at radius 3 is 2.72 bits per heavy atom. The van der Waals surface area contributed by atoms with E-state index in [2.05, 4.69) is 15.9 Å². The van der Waals surface area contributed by atoms with Gasteiger partial charge in [-0.05, 0) is 18.1 Å². The number of alkyl halides is 1. The van der Waals surface area contributed by atoms with Crippen LogP contribution in [0.2, 0.25) is 0 Å². The van der Waals surface area contributed by atoms with E-state index in [4.69, 9.17) is 9.47 Å². The second-order valence-electron chi connectivity index (χ2n) is 3.65. The fraction of sp³-hybridized carbons (Fsp3) is 0.500. The first-order valence-corrected chi connectivity index (χ1v) is 6.85. The summed E-state index contributed by atoms with van der Waals surface area (Å²) in [6, 6.07) is 4.83. The molecule has 0 N–H and O–H groups in total. The molecule has 0 saturated heterocycles. The van der Waals surface area contributed by atoms with E-state index in [1.165, 1.54) is 6.07 Å². The van der Waals surface area contributed by atoms with Crippen LogP contribution in [0.5, 0.6) is 5.75 Å². The van der Waals surface area contributed by atoms with Crippen molar-refractivity contribution in [2.45, 2.75) is 18.7 Å². The zero-order valence-corrected chi connectivity index (χ0v) is 11.8. The molecule has 0 aromatic heterocycles. The maximum absolute atomic E-state index is 10.8. The van der Waals surface area contributed by atoms with Gasteiger partial charge < -0.3 is 9.47 Å². The van der Waals surface area contributed by atoms with E-state index >= 15 is 0 Å². The van der Waals surface area contributed by atoms with Crippen LogP contribution in [0, 0.1) is 10.1 Å². The molecule has 1 aromatic carbocycles. The lowest BCUT2D eigenvalue weighted by Crippen LogP contribution is -2.08. The lowest BCUT2D eigenvalue weighted by atomic mass is 10.2. The predicted octanol–water partition coefficient (Wildman–Crippen LogP) is 3.30. The smallest absolute Gasteiger partial charge is 0.310 e. The number of nitrogens with zero attached hydrogens (tertiary/aromatic N) is 1. The lowest BCUT2D eigenvalue weighted by Gasteiger charge is -2.08. The topological polar surface area (TPSA) is 61.6 Å². The zero-order chi connectivity index (χ0) is 13.4. The van der Waals surface area contributed by atoms with Gasteiger partial charge in [0.05, 0.1) is 11.5 Å². The fourth-order valence-electron chi connectivity index (χ4n) is 1.37. The molecule has 0 unspecified atom stereocenters. The van der Waals surface area contributed by atoms with Gasteiger partial charge >= 0.3 is 5.69 Å². The van der Waals surface area contributed by atoms with Gasteiger partial charge in [-0.25, -0.2) is 0 Å². The van der Waals surface area contributed by atoms with E-state index in [9.17, 15) is 10.1 Å². The van der Waals surface area contributed by atoms with E-state index in [-0.39, 0.29) is 11.4 Å². The standard InChI is InChI=1S/C12H16BrNO4/c1-2-5-17-6-7-18-12-8-10(9-13)3-4-11(12)14(15)16/h3-4,8H,2,5-7,9H2,1H3. The largest absolute Gasteiger partial charge is 0.484 e. The molecule has 5 nitrogen and oxygen atoms in total. The molecule has 1 aromatic rings. The third-order valence-corrected chi connectivity index (χ3v) is 2.86. The van der Waals surface area contributed by atoms with Crippen molar-refractivity contribution in [1.29, 1.82) is 0 Å². The Bertz CT molecular complexity index is 398. The Hall–Kier alpha value is -1.14. The monoisotopic (exact) mass is 317 g/mol. The second kappa shape index (κ2) is 8.05. The highest BCUT2D eigenvalue weighted by atomic mass is 79.9. The molecule has 1 rings (SSSR count). The Balaban J connectivity index is 2.63. The Morgan fingerprint density at radius 1 is 1.33 bits per heavy atom. The lowest BCUT2D eigenvalue weighted by molar-refractivity contribution is -0.385. The molecule has 0 saturated carbocycles. The highest BCUT2D eigenvalue weighted by molar-refractivity contribution is 9.08. The van der Waals surface area contributed by atoms with Crippen LogP contribution in [0.3, 0.4) is 0 Å². The quantitative estimate of drug-likeness (QED) is 0.319. The van der Waals surface area contributed by atoms with E-state index in [0.717, 1.165) is 12.0 Å². The van der Waals surface area contributed by atoms with Crippen LogP contribution in [0.1, 0.15) is 18.9 Å². The molecule has 0 aliphatic carbocycles. The summed E-state index contributed by atoms with van der Waals surface area (Å²) in [4.78, 5) is 10.4. The van der Waals surface area contributed by atoms with Crippen LogP contribution in [0.15, 0.2) is 18.2 Å². The highest BCUT2D eigenvalue weighted by Gasteiger charge is 2.15. The van der Waals surface area contributed by atoms with Gasteiger partial charge in [0.25, 0.3) is 0 Å². The molecular weight excluding hydrogens is 302 g/mol. The molecule has 0 aliphatic heterocycles. The first kappa shape index (κ1) is 14.9. The van der Waals surface area contributed by atoms with Crippen molar-refractivity contribution >= 4 is 21.6 Å². The van der Waals surface area contributed by atoms with Crippen LogP contribution < -0.4 is 4.74 Å². The van der Waals surface area contributed by atoms with Crippen LogP contribution in [0.25, 0.3) is 0 Å². The number of hydrogen-bond donors (Lipinski definition) is 0. The van der Waals surface area contributed by atoms with Crippen LogP contribution in [-0.4, -0.2) is 24.7 Å². The number of ether oxygens (including phenoxy) is 2. The van der Waals surface area contributed by atoms with Crippen LogP contribution in [-0.2, 0) is 10.1 Å². The summed E-state index contributed by atoms with van der Waals surface area (Å²) in [5.41, 5.74) is 0.917. The summed E-state index contributed by atoms with van der Waals surface area (Å²) in [7, 11) is 0. The van der Waals surface area contributed by atoms with E-state index in [1.54, 1.807) is 12.1 Å². The summed E-state index contributed by atoms with van der Waals surface area (Å²) in [5, 5.41) is 11.5. The molecule has 0 bridgehead atoms. The predicted molar refractivity (Wildman–Crippen MR) is 72.3 cm³/mol. The minimum atomic E-state index is -0.444. The molecule has 0 fully saturated rings. The highest BCUT2D eigenvalue weighted by Crippen LogP contribution is 2.28. The van der Waals surface area contributed by atoms with Crippen molar-refractivity contribution in [3.8, 4) is 5.75 Å². The van der Waals surface area contributed by atoms with Crippen molar-refractivity contribution < 1.29 is 14.4 Å². The number of hydrogen-bond acceptors (Lipinski definition) is 4. The summed E-state index contributed by atoms with van der Waals surface area (Å²) in [6.45, 7) is 3.44. The number of rotatable bonds is 8. The molecule has 0 heterocycles. The summed E-state index contributed by atoms with van der Waals surface area (Å²) in [6.07, 6.45) is 0.944. The van der Waals surface area contributed by atoms with Gasteiger partial charge in [0.1, 0.15) is 6.61 Å². The van der Waals surface area contributed by atoms with Gasteiger partial charge in [-0.2, -0.15) is 0 Å². The average Bonchev–Trinajstić information content (AvgIpc) is 2.38. The van der Waals surface area contributed by atoms with Crippen molar-refractivity contribution in [2.75, 3.05) is 19.8 Å². The summed E-state index contributed by atoms with van der Waals surface area (Å²) < 4.78 is 10.7. The maximum atomic E-state index is 10.8. The summed E-state index contributed by atoms with van der Waals surface area (Å²) >= 11 is 3.31. The first-order chi connectivity index (χ1) is 8.69. The van der Waals surface area contributed by atoms with Crippen LogP contribution in [0.4, 0.5) is 5.69 Å². The van der Waals surface area contributed by atoms with E-state index in [1.807, 2.05) is 6.92 Å². The Kier molecular flexibility index (Phi) is 6.67. The molecule has 100 valence electrons. The molecule has 0 spiro atoms. The third kappa shape index (κ3) is 4.62. The normalized spacial score (nSPS) is 10.3. The van der Waals surface area contributed by atoms with Crippen molar-refractivity contribution in [3.05, 3.63) is 33.9 Å². The molecule has 18 heavy (non-hydrogen) atoms. The SMILES string of the molecule is CCCOCCOc1cc(CBr)ccc1[N+](=O)[O-]. The molecule has 0 atom stereocenters. The van der Waals surface area contributed by atoms with Gasteiger partial charge in [0.2, 0.25) is 0 Å². The Morgan fingerprint density at radius 2 is 2.11 bits per heavy atom. The number of benzene rings is 1. The van der Waals surface area contributed by atoms with Crippen molar-refractivity contribution in [2.24, 2.45) is 0 Å². The number of nitro groups is 1. The van der Waals surface area contributed by atoms with Gasteiger partial charge in [-0.3, -0.25) is 10.1 Å². The van der Waals surface area contributed by atoms with Gasteiger partial charge in [0.15, 0.2) is 5.75 Å². The van der Waals surface area contributed by atoms with Gasteiger partial charge in [0, 0.05) is 18.0 Å². The molecular formula is C12H16BrNO4. The van der Waals surface area contributed by atoms with Crippen LogP contribution >= 0.6 is 15.9 Å². The first-order valence-electron chi connectivity index (χ1n) is 5.72. The summed E-state index contributed by atoms with van der Waals surface area (Å²) in [5.74, 6) is 0.289. The second-order valence-corrected chi connectivity index (χ2v) is 4.21. The Labute approximate surface area is 114 Å². The van der Waals surface area contributed by atoms with Gasteiger partial charge in [-0.1, -0.05) is 28.9 Å². The molecule has 0 aliphatic rings. The maximum Gasteiger partial charge on any atom is 0.310 e. The minimum Gasteiger partial charge on any atom is -0.484 e. The van der Waals surface area contributed by atoms with Crippen molar-refractivity contribution in [1.82, 2.24) is 0 Å². The van der Waals surface area contributed by atoms with Crippen molar-refractivity contribution in [3.63, 3.8) is 0 Å². The average molecular weight is 318 g/mol.